The van der Waals surface area contributed by atoms with Gasteiger partial charge in [0.05, 0.1) is 6.10 Å². The normalized spacial score (nSPS) is 12.2. The zero-order valence-corrected chi connectivity index (χ0v) is 7.65. The highest BCUT2D eigenvalue weighted by molar-refractivity contribution is 5.69. The monoisotopic (exact) mass is 180 g/mol. The fourth-order valence-electron chi connectivity index (χ4n) is 1.00. The maximum absolute atomic E-state index is 10.6. The number of hydrogen-bond acceptors (Lipinski definition) is 3. The fraction of sp³-hybridized carbons (Fsp3) is 0.300. The second-order valence-electron chi connectivity index (χ2n) is 2.84. The summed E-state index contributed by atoms with van der Waals surface area (Å²) in [6, 6.07) is 6.83. The van der Waals surface area contributed by atoms with Crippen LogP contribution in [0.15, 0.2) is 24.3 Å². The van der Waals surface area contributed by atoms with Crippen LogP contribution in [0.5, 0.6) is 5.75 Å². The Balaban J connectivity index is 2.85. The molecule has 1 atom stereocenters. The summed E-state index contributed by atoms with van der Waals surface area (Å²) in [6.07, 6.45) is -0.546. The van der Waals surface area contributed by atoms with Crippen LogP contribution >= 0.6 is 0 Å². The van der Waals surface area contributed by atoms with E-state index in [-0.39, 0.29) is 5.97 Å². The van der Waals surface area contributed by atoms with E-state index in [1.807, 2.05) is 0 Å². The average molecular weight is 180 g/mol. The summed E-state index contributed by atoms with van der Waals surface area (Å²) in [4.78, 5) is 10.6. The maximum Gasteiger partial charge on any atom is 0.308 e. The van der Waals surface area contributed by atoms with Crippen LogP contribution in [0.25, 0.3) is 0 Å². The van der Waals surface area contributed by atoms with Crippen molar-refractivity contribution in [2.45, 2.75) is 20.0 Å². The number of aliphatic hydroxyl groups is 1. The largest absolute Gasteiger partial charge is 0.427 e. The minimum Gasteiger partial charge on any atom is -0.427 e. The molecule has 0 aliphatic rings. The van der Waals surface area contributed by atoms with Gasteiger partial charge in [0.25, 0.3) is 0 Å². The number of rotatable bonds is 2. The highest BCUT2D eigenvalue weighted by Crippen LogP contribution is 2.18. The Kier molecular flexibility index (Phi) is 3.03. The minimum atomic E-state index is -0.546. The van der Waals surface area contributed by atoms with E-state index in [4.69, 9.17) is 4.74 Å². The molecule has 0 spiro atoms. The predicted octanol–water partition coefficient (Wildman–Crippen LogP) is 1.67. The SMILES string of the molecule is CC(=O)Oc1cccc(C(C)O)c1. The molecule has 13 heavy (non-hydrogen) atoms. The van der Waals surface area contributed by atoms with Gasteiger partial charge in [-0.25, -0.2) is 0 Å². The Morgan fingerprint density at radius 1 is 1.54 bits per heavy atom. The molecule has 0 aromatic heterocycles. The number of ether oxygens (including phenoxy) is 1. The molecule has 3 nitrogen and oxygen atoms in total. The van der Waals surface area contributed by atoms with Gasteiger partial charge in [0.1, 0.15) is 5.75 Å². The molecule has 0 heterocycles. The van der Waals surface area contributed by atoms with Gasteiger partial charge in [0.2, 0.25) is 0 Å². The quantitative estimate of drug-likeness (QED) is 0.556. The van der Waals surface area contributed by atoms with Gasteiger partial charge in [0.15, 0.2) is 0 Å². The van der Waals surface area contributed by atoms with Gasteiger partial charge in [-0.3, -0.25) is 4.79 Å². The first-order valence-electron chi connectivity index (χ1n) is 4.06. The van der Waals surface area contributed by atoms with Crippen LogP contribution in [0.1, 0.15) is 25.5 Å². The van der Waals surface area contributed by atoms with Crippen molar-refractivity contribution in [3.8, 4) is 5.75 Å². The highest BCUT2D eigenvalue weighted by atomic mass is 16.5. The molecule has 1 unspecified atom stereocenters. The molecule has 70 valence electrons. The summed E-state index contributed by atoms with van der Waals surface area (Å²) in [6.45, 7) is 3.00. The van der Waals surface area contributed by atoms with Crippen molar-refractivity contribution in [1.82, 2.24) is 0 Å². The Morgan fingerprint density at radius 3 is 2.77 bits per heavy atom. The molecule has 1 aromatic rings. The second-order valence-corrected chi connectivity index (χ2v) is 2.84. The third-order valence-corrected chi connectivity index (χ3v) is 1.60. The Morgan fingerprint density at radius 2 is 2.23 bits per heavy atom. The molecule has 3 heteroatoms. The molecule has 0 radical (unpaired) electrons. The van der Waals surface area contributed by atoms with E-state index < -0.39 is 6.10 Å². The van der Waals surface area contributed by atoms with Crippen LogP contribution in [0.2, 0.25) is 0 Å². The van der Waals surface area contributed by atoms with Gasteiger partial charge in [-0.1, -0.05) is 12.1 Å². The second kappa shape index (κ2) is 4.05. The summed E-state index contributed by atoms with van der Waals surface area (Å²) >= 11 is 0. The lowest BCUT2D eigenvalue weighted by Crippen LogP contribution is -2.02. The molecule has 1 N–H and O–H groups in total. The zero-order chi connectivity index (χ0) is 9.84. The van der Waals surface area contributed by atoms with Crippen molar-refractivity contribution < 1.29 is 14.6 Å². The van der Waals surface area contributed by atoms with Crippen molar-refractivity contribution in [2.75, 3.05) is 0 Å². The Hall–Kier alpha value is -1.35. The molecular weight excluding hydrogens is 168 g/mol. The van der Waals surface area contributed by atoms with E-state index in [9.17, 15) is 9.90 Å². The van der Waals surface area contributed by atoms with E-state index in [0.29, 0.717) is 5.75 Å². The molecule has 1 aromatic carbocycles. The van der Waals surface area contributed by atoms with Crippen molar-refractivity contribution in [2.24, 2.45) is 0 Å². The summed E-state index contributed by atoms with van der Waals surface area (Å²) in [5.41, 5.74) is 0.735. The number of carbonyl (C=O) groups excluding carboxylic acids is 1. The van der Waals surface area contributed by atoms with E-state index >= 15 is 0 Å². The summed E-state index contributed by atoms with van der Waals surface area (Å²) in [5, 5.41) is 9.24. The van der Waals surface area contributed by atoms with Crippen LogP contribution < -0.4 is 4.74 Å². The van der Waals surface area contributed by atoms with Crippen LogP contribution in [-0.2, 0) is 4.79 Å². The molecule has 0 saturated heterocycles. The van der Waals surface area contributed by atoms with Crippen molar-refractivity contribution >= 4 is 5.97 Å². The van der Waals surface area contributed by atoms with Gasteiger partial charge >= 0.3 is 5.97 Å². The first-order valence-corrected chi connectivity index (χ1v) is 4.06. The van der Waals surface area contributed by atoms with E-state index in [0.717, 1.165) is 5.56 Å². The van der Waals surface area contributed by atoms with Crippen molar-refractivity contribution in [3.63, 3.8) is 0 Å². The molecule has 0 saturated carbocycles. The average Bonchev–Trinajstić information content (AvgIpc) is 2.03. The smallest absolute Gasteiger partial charge is 0.308 e. The molecule has 0 fully saturated rings. The zero-order valence-electron chi connectivity index (χ0n) is 7.65. The van der Waals surface area contributed by atoms with Gasteiger partial charge in [-0.05, 0) is 24.6 Å². The number of benzene rings is 1. The van der Waals surface area contributed by atoms with E-state index in [2.05, 4.69) is 0 Å². The maximum atomic E-state index is 10.6. The topological polar surface area (TPSA) is 46.5 Å². The van der Waals surface area contributed by atoms with Crippen LogP contribution in [-0.4, -0.2) is 11.1 Å². The third-order valence-electron chi connectivity index (χ3n) is 1.60. The molecular formula is C10H12O3. The molecule has 0 aliphatic carbocycles. The summed E-state index contributed by atoms with van der Waals surface area (Å²) in [7, 11) is 0. The first-order chi connectivity index (χ1) is 6.09. The lowest BCUT2D eigenvalue weighted by Gasteiger charge is -2.06. The minimum absolute atomic E-state index is 0.359. The Bertz CT molecular complexity index is 305. The lowest BCUT2D eigenvalue weighted by atomic mass is 10.1. The third kappa shape index (κ3) is 2.87. The molecule has 0 bridgehead atoms. The predicted molar refractivity (Wildman–Crippen MR) is 48.4 cm³/mol. The molecule has 1 rings (SSSR count). The molecule has 0 amide bonds. The first kappa shape index (κ1) is 9.74. The van der Waals surface area contributed by atoms with Gasteiger partial charge in [0, 0.05) is 6.92 Å². The number of esters is 1. The van der Waals surface area contributed by atoms with Crippen molar-refractivity contribution in [3.05, 3.63) is 29.8 Å². The number of aliphatic hydroxyl groups excluding tert-OH is 1. The number of carbonyl (C=O) groups is 1. The fourth-order valence-corrected chi connectivity index (χ4v) is 1.00. The van der Waals surface area contributed by atoms with Gasteiger partial charge < -0.3 is 9.84 Å². The van der Waals surface area contributed by atoms with Crippen LogP contribution in [0.4, 0.5) is 0 Å². The van der Waals surface area contributed by atoms with Crippen LogP contribution in [0.3, 0.4) is 0 Å². The molecule has 0 aliphatic heterocycles. The van der Waals surface area contributed by atoms with E-state index in [1.54, 1.807) is 31.2 Å². The van der Waals surface area contributed by atoms with E-state index in [1.165, 1.54) is 6.92 Å². The van der Waals surface area contributed by atoms with Crippen LogP contribution in [0, 0.1) is 0 Å². The lowest BCUT2D eigenvalue weighted by molar-refractivity contribution is -0.131. The number of hydrogen-bond donors (Lipinski definition) is 1. The Labute approximate surface area is 77.0 Å². The summed E-state index contributed by atoms with van der Waals surface area (Å²) in [5.74, 6) is 0.105. The highest BCUT2D eigenvalue weighted by Gasteiger charge is 2.03. The van der Waals surface area contributed by atoms with Crippen molar-refractivity contribution in [1.29, 1.82) is 0 Å². The van der Waals surface area contributed by atoms with Gasteiger partial charge in [-0.2, -0.15) is 0 Å². The van der Waals surface area contributed by atoms with Gasteiger partial charge in [-0.15, -0.1) is 0 Å². The summed E-state index contributed by atoms with van der Waals surface area (Å²) < 4.78 is 4.86. The standard InChI is InChI=1S/C10H12O3/c1-7(11)9-4-3-5-10(6-9)13-8(2)12/h3-7,11H,1-2H3.